The third-order valence-electron chi connectivity index (χ3n) is 3.56. The van der Waals surface area contributed by atoms with Crippen molar-refractivity contribution in [2.24, 2.45) is 5.73 Å². The maximum Gasteiger partial charge on any atom is 0.254 e. The van der Waals surface area contributed by atoms with Gasteiger partial charge in [-0.2, -0.15) is 4.98 Å². The highest BCUT2D eigenvalue weighted by atomic mass is 16.5. The maximum atomic E-state index is 11.5. The summed E-state index contributed by atoms with van der Waals surface area (Å²) in [5, 5.41) is 6.56. The molecule has 0 aromatic carbocycles. The first kappa shape index (κ1) is 16.5. The average molecular weight is 307 g/mol. The molecular weight excluding hydrogens is 282 g/mol. The number of hydrogen-bond donors (Lipinski definition) is 3. The van der Waals surface area contributed by atoms with Crippen molar-refractivity contribution in [3.05, 3.63) is 11.8 Å². The maximum absolute atomic E-state index is 11.5. The fourth-order valence-electron chi connectivity index (χ4n) is 2.29. The van der Waals surface area contributed by atoms with E-state index < -0.39 is 5.91 Å². The molecule has 1 saturated heterocycles. The molecule has 2 heterocycles. The molecule has 0 aliphatic carbocycles. The highest BCUT2D eigenvalue weighted by molar-refractivity contribution is 5.97. The third kappa shape index (κ3) is 4.30. The SMILES string of the molecule is CC(C)(C)Nc1nc(NC2(C)CCOCC2)ncc1C(N)=O. The minimum Gasteiger partial charge on any atom is -0.381 e. The van der Waals surface area contributed by atoms with Gasteiger partial charge in [-0.15, -0.1) is 0 Å². The van der Waals surface area contributed by atoms with Crippen LogP contribution in [0.25, 0.3) is 0 Å². The lowest BCUT2D eigenvalue weighted by molar-refractivity contribution is 0.0656. The average Bonchev–Trinajstić information content (AvgIpc) is 2.36. The molecular formula is C15H25N5O2. The molecule has 0 spiro atoms. The van der Waals surface area contributed by atoms with Gasteiger partial charge in [-0.3, -0.25) is 4.79 Å². The van der Waals surface area contributed by atoms with Crippen molar-refractivity contribution >= 4 is 17.7 Å². The molecule has 2 rings (SSSR count). The summed E-state index contributed by atoms with van der Waals surface area (Å²) in [6.45, 7) is 9.54. The molecule has 1 aliphatic heterocycles. The number of aromatic nitrogens is 2. The van der Waals surface area contributed by atoms with Gasteiger partial charge in [0.25, 0.3) is 5.91 Å². The van der Waals surface area contributed by atoms with Crippen LogP contribution in [0.1, 0.15) is 50.9 Å². The quantitative estimate of drug-likeness (QED) is 0.783. The largest absolute Gasteiger partial charge is 0.381 e. The molecule has 4 N–H and O–H groups in total. The second-order valence-corrected chi connectivity index (χ2v) is 6.99. The number of hydrogen-bond acceptors (Lipinski definition) is 6. The van der Waals surface area contributed by atoms with Gasteiger partial charge >= 0.3 is 0 Å². The summed E-state index contributed by atoms with van der Waals surface area (Å²) in [6, 6.07) is 0. The van der Waals surface area contributed by atoms with E-state index in [0.717, 1.165) is 26.1 Å². The van der Waals surface area contributed by atoms with Crippen molar-refractivity contribution in [1.29, 1.82) is 0 Å². The summed E-state index contributed by atoms with van der Waals surface area (Å²) < 4.78 is 5.39. The minimum absolute atomic E-state index is 0.106. The summed E-state index contributed by atoms with van der Waals surface area (Å²) >= 11 is 0. The highest BCUT2D eigenvalue weighted by Crippen LogP contribution is 2.25. The molecule has 22 heavy (non-hydrogen) atoms. The summed E-state index contributed by atoms with van der Waals surface area (Å²) in [7, 11) is 0. The Morgan fingerprint density at radius 3 is 2.55 bits per heavy atom. The monoisotopic (exact) mass is 307 g/mol. The van der Waals surface area contributed by atoms with Gasteiger partial charge in [-0.1, -0.05) is 0 Å². The van der Waals surface area contributed by atoms with E-state index >= 15 is 0 Å². The first-order chi connectivity index (χ1) is 10.2. The zero-order valence-corrected chi connectivity index (χ0v) is 13.7. The van der Waals surface area contributed by atoms with E-state index in [0.29, 0.717) is 11.8 Å². The standard InChI is InChI=1S/C15H25N5O2/c1-14(2,3)19-12-10(11(16)21)9-17-13(18-12)20-15(4)5-7-22-8-6-15/h9H,5-8H2,1-4H3,(H2,16,21)(H2,17,18,19,20). The lowest BCUT2D eigenvalue weighted by Gasteiger charge is -2.34. The smallest absolute Gasteiger partial charge is 0.254 e. The van der Waals surface area contributed by atoms with Crippen LogP contribution in [-0.4, -0.2) is 40.2 Å². The molecule has 0 saturated carbocycles. The van der Waals surface area contributed by atoms with Gasteiger partial charge in [0.2, 0.25) is 5.95 Å². The normalized spacial score (nSPS) is 17.8. The van der Waals surface area contributed by atoms with E-state index in [-0.39, 0.29) is 16.6 Å². The van der Waals surface area contributed by atoms with Crippen molar-refractivity contribution in [2.45, 2.75) is 51.6 Å². The Labute approximate surface area is 131 Å². The van der Waals surface area contributed by atoms with Gasteiger partial charge < -0.3 is 21.1 Å². The summed E-state index contributed by atoms with van der Waals surface area (Å²) in [5.41, 5.74) is 5.34. The van der Waals surface area contributed by atoms with Crippen molar-refractivity contribution < 1.29 is 9.53 Å². The first-order valence-electron chi connectivity index (χ1n) is 7.49. The van der Waals surface area contributed by atoms with Crippen LogP contribution in [0, 0.1) is 0 Å². The fourth-order valence-corrected chi connectivity index (χ4v) is 2.29. The van der Waals surface area contributed by atoms with E-state index in [1.165, 1.54) is 6.20 Å². The van der Waals surface area contributed by atoms with Crippen LogP contribution in [0.4, 0.5) is 11.8 Å². The number of rotatable bonds is 4. The minimum atomic E-state index is -0.546. The van der Waals surface area contributed by atoms with Gasteiger partial charge in [0.05, 0.1) is 5.56 Å². The van der Waals surface area contributed by atoms with Crippen molar-refractivity contribution in [2.75, 3.05) is 23.8 Å². The second kappa shape index (κ2) is 6.08. The molecule has 0 unspecified atom stereocenters. The molecule has 0 atom stereocenters. The molecule has 1 amide bonds. The Morgan fingerprint density at radius 1 is 1.36 bits per heavy atom. The summed E-state index contributed by atoms with van der Waals surface area (Å²) in [6.07, 6.45) is 3.24. The topological polar surface area (TPSA) is 102 Å². The molecule has 122 valence electrons. The Bertz CT molecular complexity index is 547. The zero-order valence-electron chi connectivity index (χ0n) is 13.7. The predicted octanol–water partition coefficient (Wildman–Crippen LogP) is 1.77. The van der Waals surface area contributed by atoms with Crippen LogP contribution in [0.3, 0.4) is 0 Å². The van der Waals surface area contributed by atoms with Crippen LogP contribution < -0.4 is 16.4 Å². The van der Waals surface area contributed by atoms with Crippen LogP contribution in [0.5, 0.6) is 0 Å². The highest BCUT2D eigenvalue weighted by Gasteiger charge is 2.28. The molecule has 0 radical (unpaired) electrons. The lowest BCUT2D eigenvalue weighted by Crippen LogP contribution is -2.41. The van der Waals surface area contributed by atoms with E-state index in [4.69, 9.17) is 10.5 Å². The summed E-state index contributed by atoms with van der Waals surface area (Å²) in [5.74, 6) is 0.393. The molecule has 7 heteroatoms. The van der Waals surface area contributed by atoms with Gasteiger partial charge in [0.15, 0.2) is 0 Å². The van der Waals surface area contributed by atoms with Crippen LogP contribution >= 0.6 is 0 Å². The lowest BCUT2D eigenvalue weighted by atomic mass is 9.93. The van der Waals surface area contributed by atoms with Crippen molar-refractivity contribution in [3.8, 4) is 0 Å². The molecule has 1 fully saturated rings. The molecule has 1 aliphatic rings. The van der Waals surface area contributed by atoms with E-state index in [1.54, 1.807) is 0 Å². The predicted molar refractivity (Wildman–Crippen MR) is 86.0 cm³/mol. The zero-order chi connectivity index (χ0) is 16.4. The van der Waals surface area contributed by atoms with E-state index in [1.807, 2.05) is 20.8 Å². The Kier molecular flexibility index (Phi) is 4.55. The van der Waals surface area contributed by atoms with Crippen LogP contribution in [0.2, 0.25) is 0 Å². The van der Waals surface area contributed by atoms with Crippen molar-refractivity contribution in [3.63, 3.8) is 0 Å². The molecule has 1 aromatic heterocycles. The third-order valence-corrected chi connectivity index (χ3v) is 3.56. The number of carbonyl (C=O) groups is 1. The number of ether oxygens (including phenoxy) is 1. The second-order valence-electron chi connectivity index (χ2n) is 6.99. The van der Waals surface area contributed by atoms with Crippen LogP contribution in [0.15, 0.2) is 6.20 Å². The number of carbonyl (C=O) groups excluding carboxylic acids is 1. The van der Waals surface area contributed by atoms with Crippen molar-refractivity contribution in [1.82, 2.24) is 9.97 Å². The number of anilines is 2. The molecule has 1 aromatic rings. The molecule has 0 bridgehead atoms. The number of amides is 1. The van der Waals surface area contributed by atoms with Gasteiger partial charge in [0.1, 0.15) is 5.82 Å². The summed E-state index contributed by atoms with van der Waals surface area (Å²) in [4.78, 5) is 20.2. The number of nitrogens with one attached hydrogen (secondary N) is 2. The van der Waals surface area contributed by atoms with Gasteiger partial charge in [-0.25, -0.2) is 4.98 Å². The number of primary amides is 1. The Morgan fingerprint density at radius 2 is 2.00 bits per heavy atom. The Balaban J connectivity index is 2.26. The van der Waals surface area contributed by atoms with E-state index in [9.17, 15) is 4.79 Å². The first-order valence-corrected chi connectivity index (χ1v) is 7.49. The van der Waals surface area contributed by atoms with Gasteiger partial charge in [0, 0.05) is 30.5 Å². The molecule has 7 nitrogen and oxygen atoms in total. The fraction of sp³-hybridized carbons (Fsp3) is 0.667. The number of nitrogens with two attached hydrogens (primary N) is 1. The number of nitrogens with zero attached hydrogens (tertiary/aromatic N) is 2. The van der Waals surface area contributed by atoms with Crippen LogP contribution in [-0.2, 0) is 4.74 Å². The van der Waals surface area contributed by atoms with Gasteiger partial charge in [-0.05, 0) is 40.5 Å². The van der Waals surface area contributed by atoms with E-state index in [2.05, 4.69) is 27.5 Å². The Hall–Kier alpha value is -1.89.